The summed E-state index contributed by atoms with van der Waals surface area (Å²) < 4.78 is 15.7. The number of rotatable bonds is 3. The standard InChI is InChI=1S/C18H14ClFN4O2/c19-13-3-1-12(2-4-13)11-24-17(26)16(25)23-10-9-22(18(23)21-24)15-7-5-14(20)6-8-15/h1-8H,9-11H2. The Morgan fingerprint density at radius 2 is 1.65 bits per heavy atom. The van der Waals surface area contributed by atoms with E-state index in [1.54, 1.807) is 41.3 Å². The molecule has 0 radical (unpaired) electrons. The van der Waals surface area contributed by atoms with Crippen LogP contribution in [0.2, 0.25) is 5.02 Å². The number of hydrogen-bond donors (Lipinski definition) is 0. The van der Waals surface area contributed by atoms with Gasteiger partial charge in [0.1, 0.15) is 5.82 Å². The highest BCUT2D eigenvalue weighted by Gasteiger charge is 2.25. The van der Waals surface area contributed by atoms with Crippen molar-refractivity contribution in [3.05, 3.63) is 85.6 Å². The highest BCUT2D eigenvalue weighted by atomic mass is 35.5. The van der Waals surface area contributed by atoms with Gasteiger partial charge in [0, 0.05) is 23.8 Å². The van der Waals surface area contributed by atoms with Gasteiger partial charge in [-0.15, -0.1) is 5.10 Å². The average Bonchev–Trinajstić information content (AvgIpc) is 3.06. The average molecular weight is 373 g/mol. The molecule has 0 N–H and O–H groups in total. The Bertz CT molecular complexity index is 1070. The molecule has 132 valence electrons. The van der Waals surface area contributed by atoms with Crippen molar-refractivity contribution in [2.24, 2.45) is 0 Å². The van der Waals surface area contributed by atoms with Crippen LogP contribution in [0.25, 0.3) is 0 Å². The van der Waals surface area contributed by atoms with Crippen LogP contribution < -0.4 is 16.0 Å². The van der Waals surface area contributed by atoms with E-state index in [2.05, 4.69) is 5.10 Å². The fourth-order valence-corrected chi connectivity index (χ4v) is 3.09. The topological polar surface area (TPSA) is 60.1 Å². The van der Waals surface area contributed by atoms with Crippen molar-refractivity contribution in [2.45, 2.75) is 13.1 Å². The van der Waals surface area contributed by atoms with Gasteiger partial charge in [0.05, 0.1) is 6.54 Å². The highest BCUT2D eigenvalue weighted by Crippen LogP contribution is 2.26. The Labute approximate surface area is 152 Å². The van der Waals surface area contributed by atoms with E-state index in [9.17, 15) is 14.0 Å². The lowest BCUT2D eigenvalue weighted by Crippen LogP contribution is -2.42. The maximum absolute atomic E-state index is 13.2. The van der Waals surface area contributed by atoms with E-state index < -0.39 is 11.1 Å². The first kappa shape index (κ1) is 16.5. The lowest BCUT2D eigenvalue weighted by molar-refractivity contribution is 0.591. The van der Waals surface area contributed by atoms with Crippen molar-refractivity contribution in [1.29, 1.82) is 0 Å². The van der Waals surface area contributed by atoms with Crippen LogP contribution in [0.1, 0.15) is 5.56 Å². The number of benzene rings is 2. The molecule has 1 aliphatic rings. The molecule has 1 aromatic heterocycles. The quantitative estimate of drug-likeness (QED) is 0.662. The maximum Gasteiger partial charge on any atom is 0.333 e. The van der Waals surface area contributed by atoms with Crippen LogP contribution in [0.15, 0.2) is 58.1 Å². The van der Waals surface area contributed by atoms with Gasteiger partial charge < -0.3 is 4.90 Å². The summed E-state index contributed by atoms with van der Waals surface area (Å²) in [4.78, 5) is 26.6. The molecule has 0 atom stereocenters. The molecular weight excluding hydrogens is 359 g/mol. The van der Waals surface area contributed by atoms with Crippen molar-refractivity contribution >= 4 is 23.2 Å². The van der Waals surface area contributed by atoms with Gasteiger partial charge in [-0.05, 0) is 42.0 Å². The molecule has 3 aromatic rings. The van der Waals surface area contributed by atoms with Crippen LogP contribution in [0.3, 0.4) is 0 Å². The van der Waals surface area contributed by atoms with Gasteiger partial charge in [-0.1, -0.05) is 23.7 Å². The largest absolute Gasteiger partial charge is 0.333 e. The Balaban J connectivity index is 1.76. The minimum absolute atomic E-state index is 0.163. The monoisotopic (exact) mass is 372 g/mol. The second-order valence-corrected chi connectivity index (χ2v) is 6.41. The SMILES string of the molecule is O=c1c(=O)n2c(nn1Cc1ccc(Cl)cc1)N(c1ccc(F)cc1)CC2. The molecule has 0 saturated carbocycles. The Morgan fingerprint density at radius 3 is 2.35 bits per heavy atom. The van der Waals surface area contributed by atoms with E-state index >= 15 is 0 Å². The van der Waals surface area contributed by atoms with Gasteiger partial charge in [0.15, 0.2) is 0 Å². The molecule has 0 saturated heterocycles. The van der Waals surface area contributed by atoms with Crippen molar-refractivity contribution in [3.8, 4) is 0 Å². The van der Waals surface area contributed by atoms with E-state index in [4.69, 9.17) is 11.6 Å². The minimum atomic E-state index is -0.676. The summed E-state index contributed by atoms with van der Waals surface area (Å²) in [6, 6.07) is 12.9. The zero-order valence-corrected chi connectivity index (χ0v) is 14.4. The first-order valence-electron chi connectivity index (χ1n) is 8.02. The van der Waals surface area contributed by atoms with Crippen LogP contribution in [0, 0.1) is 5.82 Å². The number of hydrogen-bond acceptors (Lipinski definition) is 4. The van der Waals surface area contributed by atoms with Gasteiger partial charge in [-0.25, -0.2) is 9.07 Å². The Hall–Kier alpha value is -2.93. The molecule has 0 unspecified atom stereocenters. The number of aromatic nitrogens is 3. The fourth-order valence-electron chi connectivity index (χ4n) is 2.96. The summed E-state index contributed by atoms with van der Waals surface area (Å²) in [6.07, 6.45) is 0. The first-order chi connectivity index (χ1) is 12.5. The van der Waals surface area contributed by atoms with Gasteiger partial charge >= 0.3 is 11.1 Å². The molecular formula is C18H14ClFN4O2. The smallest absolute Gasteiger partial charge is 0.309 e. The molecule has 8 heteroatoms. The molecule has 0 aliphatic carbocycles. The molecule has 6 nitrogen and oxygen atoms in total. The van der Waals surface area contributed by atoms with Gasteiger partial charge in [0.2, 0.25) is 5.95 Å². The molecule has 0 bridgehead atoms. The molecule has 0 amide bonds. The van der Waals surface area contributed by atoms with E-state index in [1.165, 1.54) is 16.7 Å². The molecule has 26 heavy (non-hydrogen) atoms. The van der Waals surface area contributed by atoms with E-state index in [0.717, 1.165) is 10.2 Å². The normalized spacial score (nSPS) is 13.1. The van der Waals surface area contributed by atoms with Crippen molar-refractivity contribution < 1.29 is 4.39 Å². The van der Waals surface area contributed by atoms with Gasteiger partial charge in [0.25, 0.3) is 0 Å². The maximum atomic E-state index is 13.2. The molecule has 4 rings (SSSR count). The van der Waals surface area contributed by atoms with Crippen LogP contribution in [0.5, 0.6) is 0 Å². The molecule has 0 fully saturated rings. The summed E-state index contributed by atoms with van der Waals surface area (Å²) in [5, 5.41) is 4.97. The van der Waals surface area contributed by atoms with Crippen molar-refractivity contribution in [2.75, 3.05) is 11.4 Å². The molecule has 1 aliphatic heterocycles. The summed E-state index contributed by atoms with van der Waals surface area (Å²) in [5.74, 6) is 0.0289. The molecule has 2 aromatic carbocycles. The second-order valence-electron chi connectivity index (χ2n) is 5.97. The fraction of sp³-hybridized carbons (Fsp3) is 0.167. The number of fused-ring (bicyclic) bond motifs is 1. The predicted molar refractivity (Wildman–Crippen MR) is 96.7 cm³/mol. The number of halogens is 2. The third kappa shape index (κ3) is 2.90. The zero-order valence-electron chi connectivity index (χ0n) is 13.6. The summed E-state index contributed by atoms with van der Waals surface area (Å²) in [6.45, 7) is 1.00. The third-order valence-corrected chi connectivity index (χ3v) is 4.54. The summed E-state index contributed by atoms with van der Waals surface area (Å²) >= 11 is 5.88. The van der Waals surface area contributed by atoms with E-state index in [0.29, 0.717) is 29.7 Å². The van der Waals surface area contributed by atoms with Crippen molar-refractivity contribution in [1.82, 2.24) is 14.3 Å². The van der Waals surface area contributed by atoms with Crippen molar-refractivity contribution in [3.63, 3.8) is 0 Å². The highest BCUT2D eigenvalue weighted by molar-refractivity contribution is 6.30. The lowest BCUT2D eigenvalue weighted by Gasteiger charge is -2.18. The summed E-state index contributed by atoms with van der Waals surface area (Å²) in [5.41, 5.74) is 0.221. The van der Waals surface area contributed by atoms with Crippen LogP contribution in [-0.2, 0) is 13.1 Å². The predicted octanol–water partition coefficient (Wildman–Crippen LogP) is 2.40. The number of nitrogens with zero attached hydrogens (tertiary/aromatic N) is 4. The van der Waals surface area contributed by atoms with Crippen LogP contribution >= 0.6 is 11.6 Å². The lowest BCUT2D eigenvalue weighted by atomic mass is 10.2. The first-order valence-corrected chi connectivity index (χ1v) is 8.40. The van der Waals surface area contributed by atoms with Crippen LogP contribution in [0.4, 0.5) is 16.0 Å². The zero-order chi connectivity index (χ0) is 18.3. The van der Waals surface area contributed by atoms with Gasteiger partial charge in [-0.2, -0.15) is 0 Å². The molecule has 2 heterocycles. The summed E-state index contributed by atoms with van der Waals surface area (Å²) in [7, 11) is 0. The number of anilines is 2. The second kappa shape index (κ2) is 6.42. The van der Waals surface area contributed by atoms with Gasteiger partial charge in [-0.3, -0.25) is 14.2 Å². The van der Waals surface area contributed by atoms with Crippen LogP contribution in [-0.4, -0.2) is 20.9 Å². The van der Waals surface area contributed by atoms with E-state index in [1.807, 2.05) is 0 Å². The minimum Gasteiger partial charge on any atom is -0.309 e. The third-order valence-electron chi connectivity index (χ3n) is 4.29. The Kier molecular flexibility index (Phi) is 4.08. The van der Waals surface area contributed by atoms with E-state index in [-0.39, 0.29) is 12.4 Å². The Morgan fingerprint density at radius 1 is 0.962 bits per heavy atom. The molecule has 0 spiro atoms.